The van der Waals surface area contributed by atoms with E-state index in [-0.39, 0.29) is 6.10 Å². The van der Waals surface area contributed by atoms with Gasteiger partial charge in [-0.1, -0.05) is 6.07 Å². The zero-order chi connectivity index (χ0) is 15.8. The summed E-state index contributed by atoms with van der Waals surface area (Å²) >= 11 is 5.34. The molecule has 0 atom stereocenters. The van der Waals surface area contributed by atoms with Crippen LogP contribution in [0.25, 0.3) is 0 Å². The van der Waals surface area contributed by atoms with Gasteiger partial charge in [-0.15, -0.1) is 0 Å². The van der Waals surface area contributed by atoms with Crippen molar-refractivity contribution in [3.05, 3.63) is 24.3 Å². The second-order valence-corrected chi connectivity index (χ2v) is 6.39. The normalized spacial score (nSPS) is 15.0. The molecule has 1 fully saturated rings. The third kappa shape index (κ3) is 6.20. The van der Waals surface area contributed by atoms with Crippen LogP contribution in [-0.4, -0.2) is 42.3 Å². The molecule has 0 amide bonds. The van der Waals surface area contributed by atoms with Gasteiger partial charge >= 0.3 is 0 Å². The number of nitrogens with one attached hydrogen (secondary N) is 2. The lowest BCUT2D eigenvalue weighted by Gasteiger charge is -2.16. The summed E-state index contributed by atoms with van der Waals surface area (Å²) in [6.07, 6.45) is 3.99. The van der Waals surface area contributed by atoms with E-state index in [1.807, 2.05) is 38.1 Å². The molecule has 1 heterocycles. The highest BCUT2D eigenvalue weighted by Crippen LogP contribution is 2.18. The molecule has 1 aromatic rings. The maximum atomic E-state index is 5.68. The van der Waals surface area contributed by atoms with E-state index in [0.29, 0.717) is 5.11 Å². The van der Waals surface area contributed by atoms with Crippen LogP contribution in [0.15, 0.2) is 24.3 Å². The Morgan fingerprint density at radius 2 is 2.09 bits per heavy atom. The van der Waals surface area contributed by atoms with Crippen molar-refractivity contribution in [2.45, 2.75) is 39.2 Å². The van der Waals surface area contributed by atoms with Crippen LogP contribution in [-0.2, 0) is 0 Å². The van der Waals surface area contributed by atoms with Gasteiger partial charge in [0.1, 0.15) is 5.75 Å². The van der Waals surface area contributed by atoms with Gasteiger partial charge in [-0.05, 0) is 77.1 Å². The number of nitrogens with zero attached hydrogens (tertiary/aromatic N) is 1. The Hall–Kier alpha value is -1.33. The fourth-order valence-electron chi connectivity index (χ4n) is 2.61. The molecule has 1 aliphatic rings. The number of anilines is 1. The molecule has 2 N–H and O–H groups in total. The summed E-state index contributed by atoms with van der Waals surface area (Å²) in [6.45, 7) is 8.62. The summed E-state index contributed by atoms with van der Waals surface area (Å²) in [6, 6.07) is 7.89. The molecule has 0 unspecified atom stereocenters. The van der Waals surface area contributed by atoms with Crippen LogP contribution in [0.5, 0.6) is 5.75 Å². The van der Waals surface area contributed by atoms with Crippen LogP contribution in [0.2, 0.25) is 0 Å². The molecule has 0 saturated carbocycles. The Morgan fingerprint density at radius 1 is 1.32 bits per heavy atom. The third-order valence-electron chi connectivity index (χ3n) is 3.60. The third-order valence-corrected chi connectivity index (χ3v) is 3.85. The van der Waals surface area contributed by atoms with Gasteiger partial charge in [0.15, 0.2) is 5.11 Å². The average Bonchev–Trinajstić information content (AvgIpc) is 2.96. The first-order valence-electron chi connectivity index (χ1n) is 8.17. The zero-order valence-corrected chi connectivity index (χ0v) is 14.4. The van der Waals surface area contributed by atoms with Gasteiger partial charge < -0.3 is 20.3 Å². The highest BCUT2D eigenvalue weighted by Gasteiger charge is 2.10. The second-order valence-electron chi connectivity index (χ2n) is 5.98. The second kappa shape index (κ2) is 8.96. The molecule has 0 aromatic heterocycles. The van der Waals surface area contributed by atoms with Gasteiger partial charge in [0.25, 0.3) is 0 Å². The van der Waals surface area contributed by atoms with E-state index < -0.39 is 0 Å². The number of likely N-dealkylation sites (tertiary alicyclic amines) is 1. The molecule has 0 bridgehead atoms. The first kappa shape index (κ1) is 17.0. The lowest BCUT2D eigenvalue weighted by atomic mass is 10.3. The predicted molar refractivity (Wildman–Crippen MR) is 96.7 cm³/mol. The van der Waals surface area contributed by atoms with Crippen molar-refractivity contribution < 1.29 is 4.74 Å². The molecule has 1 saturated heterocycles. The lowest BCUT2D eigenvalue weighted by molar-refractivity contribution is 0.242. The average molecular weight is 321 g/mol. The molecule has 0 aliphatic carbocycles. The summed E-state index contributed by atoms with van der Waals surface area (Å²) < 4.78 is 5.68. The van der Waals surface area contributed by atoms with E-state index in [1.54, 1.807) is 0 Å². The molecule has 0 radical (unpaired) electrons. The molecular formula is C17H27N3OS. The van der Waals surface area contributed by atoms with Crippen molar-refractivity contribution in [3.63, 3.8) is 0 Å². The van der Waals surface area contributed by atoms with Gasteiger partial charge in [0, 0.05) is 18.3 Å². The molecule has 0 spiro atoms. The Morgan fingerprint density at radius 3 is 2.82 bits per heavy atom. The van der Waals surface area contributed by atoms with E-state index in [9.17, 15) is 0 Å². The van der Waals surface area contributed by atoms with E-state index in [0.717, 1.165) is 30.9 Å². The van der Waals surface area contributed by atoms with Crippen LogP contribution in [0.1, 0.15) is 33.1 Å². The Kier molecular flexibility index (Phi) is 6.93. The highest BCUT2D eigenvalue weighted by atomic mass is 32.1. The maximum absolute atomic E-state index is 5.68. The van der Waals surface area contributed by atoms with E-state index in [4.69, 9.17) is 17.0 Å². The SMILES string of the molecule is CC(C)Oc1cccc(NC(=S)NCCCN2CCCC2)c1. The first-order chi connectivity index (χ1) is 10.6. The number of rotatable bonds is 7. The number of ether oxygens (including phenoxy) is 1. The van der Waals surface area contributed by atoms with Gasteiger partial charge in [0.05, 0.1) is 6.10 Å². The van der Waals surface area contributed by atoms with Gasteiger partial charge in [-0.3, -0.25) is 0 Å². The smallest absolute Gasteiger partial charge is 0.170 e. The van der Waals surface area contributed by atoms with Crippen molar-refractivity contribution >= 4 is 23.0 Å². The predicted octanol–water partition coefficient (Wildman–Crippen LogP) is 3.25. The Balaban J connectivity index is 1.67. The summed E-state index contributed by atoms with van der Waals surface area (Å²) in [5, 5.41) is 7.15. The van der Waals surface area contributed by atoms with Crippen LogP contribution < -0.4 is 15.4 Å². The molecular weight excluding hydrogens is 294 g/mol. The molecule has 5 heteroatoms. The highest BCUT2D eigenvalue weighted by molar-refractivity contribution is 7.80. The van der Waals surface area contributed by atoms with E-state index in [2.05, 4.69) is 15.5 Å². The fraction of sp³-hybridized carbons (Fsp3) is 0.588. The fourth-order valence-corrected chi connectivity index (χ4v) is 2.83. The minimum Gasteiger partial charge on any atom is -0.491 e. The maximum Gasteiger partial charge on any atom is 0.170 e. The van der Waals surface area contributed by atoms with Crippen molar-refractivity contribution in [2.75, 3.05) is 31.5 Å². The monoisotopic (exact) mass is 321 g/mol. The van der Waals surface area contributed by atoms with Crippen molar-refractivity contribution in [3.8, 4) is 5.75 Å². The molecule has 4 nitrogen and oxygen atoms in total. The lowest BCUT2D eigenvalue weighted by Crippen LogP contribution is -2.31. The Labute approximate surface area is 139 Å². The number of hydrogen-bond acceptors (Lipinski definition) is 3. The minimum atomic E-state index is 0.172. The molecule has 122 valence electrons. The van der Waals surface area contributed by atoms with Crippen molar-refractivity contribution in [1.82, 2.24) is 10.2 Å². The van der Waals surface area contributed by atoms with E-state index in [1.165, 1.54) is 25.9 Å². The van der Waals surface area contributed by atoms with Crippen LogP contribution >= 0.6 is 12.2 Å². The summed E-state index contributed by atoms with van der Waals surface area (Å²) in [7, 11) is 0. The summed E-state index contributed by atoms with van der Waals surface area (Å²) in [4.78, 5) is 2.52. The largest absolute Gasteiger partial charge is 0.491 e. The van der Waals surface area contributed by atoms with Gasteiger partial charge in [-0.25, -0.2) is 0 Å². The topological polar surface area (TPSA) is 36.5 Å². The minimum absolute atomic E-state index is 0.172. The van der Waals surface area contributed by atoms with E-state index >= 15 is 0 Å². The molecule has 1 aliphatic heterocycles. The van der Waals surface area contributed by atoms with Crippen LogP contribution in [0, 0.1) is 0 Å². The summed E-state index contributed by atoms with van der Waals surface area (Å²) in [5.41, 5.74) is 0.954. The number of benzene rings is 1. The quantitative estimate of drug-likeness (QED) is 0.595. The molecule has 22 heavy (non-hydrogen) atoms. The molecule has 1 aromatic carbocycles. The Bertz CT molecular complexity index is 473. The standard InChI is InChI=1S/C17H27N3OS/c1-14(2)21-16-8-5-7-15(13-16)19-17(22)18-9-6-12-20-10-3-4-11-20/h5,7-8,13-14H,3-4,6,9-12H2,1-2H3,(H2,18,19,22). The van der Waals surface area contributed by atoms with Gasteiger partial charge in [-0.2, -0.15) is 0 Å². The van der Waals surface area contributed by atoms with Gasteiger partial charge in [0.2, 0.25) is 0 Å². The van der Waals surface area contributed by atoms with Crippen molar-refractivity contribution in [2.24, 2.45) is 0 Å². The van der Waals surface area contributed by atoms with Crippen LogP contribution in [0.4, 0.5) is 5.69 Å². The number of hydrogen-bond donors (Lipinski definition) is 2. The number of thiocarbonyl (C=S) groups is 1. The molecule has 2 rings (SSSR count). The van der Waals surface area contributed by atoms with Crippen LogP contribution in [0.3, 0.4) is 0 Å². The first-order valence-corrected chi connectivity index (χ1v) is 8.58. The van der Waals surface area contributed by atoms with Crippen molar-refractivity contribution in [1.29, 1.82) is 0 Å². The zero-order valence-electron chi connectivity index (χ0n) is 13.6. The summed E-state index contributed by atoms with van der Waals surface area (Å²) in [5.74, 6) is 0.858.